The first kappa shape index (κ1) is 21.0. The second-order valence-electron chi connectivity index (χ2n) is 8.39. The predicted molar refractivity (Wildman–Crippen MR) is 113 cm³/mol. The number of carbonyl (C=O) groups is 1. The number of aliphatic hydroxyl groups is 1. The van der Waals surface area contributed by atoms with E-state index in [-0.39, 0.29) is 23.8 Å². The number of esters is 1. The van der Waals surface area contributed by atoms with Crippen LogP contribution in [-0.2, 0) is 16.0 Å². The number of piperidine rings is 1. The van der Waals surface area contributed by atoms with Gasteiger partial charge in [-0.05, 0) is 54.7 Å². The number of rotatable bonds is 5. The Labute approximate surface area is 180 Å². The molecule has 2 aromatic rings. The molecule has 31 heavy (non-hydrogen) atoms. The molecule has 1 aliphatic carbocycles. The number of fused-ring (bicyclic) bond motifs is 2. The first-order chi connectivity index (χ1) is 15.1. The zero-order chi connectivity index (χ0) is 22.0. The second-order valence-corrected chi connectivity index (χ2v) is 8.39. The van der Waals surface area contributed by atoms with Crippen LogP contribution in [0, 0.1) is 29.2 Å². The first-order valence-corrected chi connectivity index (χ1v) is 10.6. The van der Waals surface area contributed by atoms with Crippen LogP contribution >= 0.6 is 0 Å². The molecular formula is C22H26N6O3. The second kappa shape index (κ2) is 8.88. The third-order valence-electron chi connectivity index (χ3n) is 6.92. The van der Waals surface area contributed by atoms with Crippen molar-refractivity contribution in [3.05, 3.63) is 46.0 Å². The number of benzene rings is 1. The summed E-state index contributed by atoms with van der Waals surface area (Å²) in [6, 6.07) is 7.66. The molecule has 1 aliphatic heterocycles. The highest BCUT2D eigenvalue weighted by Gasteiger charge is 2.49. The number of ether oxygens (including phenoxy) is 1. The van der Waals surface area contributed by atoms with Gasteiger partial charge in [0.2, 0.25) is 0 Å². The van der Waals surface area contributed by atoms with Crippen LogP contribution < -0.4 is 0 Å². The Hall–Kier alpha value is -3.21. The van der Waals surface area contributed by atoms with Crippen LogP contribution in [0.15, 0.2) is 29.4 Å². The molecular weight excluding hydrogens is 396 g/mol. The van der Waals surface area contributed by atoms with Crippen LogP contribution in [0.25, 0.3) is 21.3 Å². The molecule has 0 unspecified atom stereocenters. The summed E-state index contributed by atoms with van der Waals surface area (Å²) in [6.07, 6.45) is 4.05. The molecule has 4 rings (SSSR count). The number of aliphatic hydroxyl groups excluding tert-OH is 1. The average Bonchev–Trinajstić information content (AvgIpc) is 3.16. The van der Waals surface area contributed by atoms with Crippen molar-refractivity contribution in [3.63, 3.8) is 0 Å². The number of aromatic nitrogens is 1. The molecule has 2 aliphatic rings. The van der Waals surface area contributed by atoms with Crippen LogP contribution in [0.3, 0.4) is 0 Å². The van der Waals surface area contributed by atoms with Crippen molar-refractivity contribution in [2.45, 2.75) is 37.8 Å². The Morgan fingerprint density at radius 2 is 2.26 bits per heavy atom. The van der Waals surface area contributed by atoms with Crippen molar-refractivity contribution in [1.29, 1.82) is 5.26 Å². The van der Waals surface area contributed by atoms with Crippen LogP contribution in [0.1, 0.15) is 36.6 Å². The lowest BCUT2D eigenvalue weighted by molar-refractivity contribution is -0.159. The smallest absolute Gasteiger partial charge is 0.311 e. The van der Waals surface area contributed by atoms with Gasteiger partial charge in [-0.25, -0.2) is 0 Å². The maximum atomic E-state index is 12.5. The van der Waals surface area contributed by atoms with Crippen molar-refractivity contribution in [2.75, 3.05) is 20.2 Å². The Morgan fingerprint density at radius 1 is 1.45 bits per heavy atom. The number of para-hydroxylation sites is 1. The molecule has 0 amide bonds. The summed E-state index contributed by atoms with van der Waals surface area (Å²) in [6.45, 7) is 0.859. The lowest BCUT2D eigenvalue weighted by Crippen LogP contribution is -2.51. The SMILES string of the molecule is COC(=O)[C@@H]1[C@H]2C[C@@H](c3[nH]c4ccccc4c3CCN=[N+]=[N-])N(C#N)C[C@@H]2CC[C@@H]1O. The number of nitriles is 1. The number of azide groups is 1. The number of hydrogen-bond acceptors (Lipinski definition) is 6. The minimum Gasteiger partial charge on any atom is -0.469 e. The maximum Gasteiger partial charge on any atom is 0.311 e. The number of aromatic amines is 1. The van der Waals surface area contributed by atoms with E-state index in [9.17, 15) is 15.2 Å². The standard InChI is InChI=1S/C22H26N6O3/c1-31-22(30)20-16-10-18(28(12-23)11-13(16)6-7-19(20)29)21-15(8-9-25-27-24)14-4-2-3-5-17(14)26-21/h2-5,13,16,18-20,26,29H,6-11H2,1H3/t13-,16-,18-,19-,20+/m0/s1. The topological polar surface area (TPSA) is 138 Å². The molecule has 162 valence electrons. The quantitative estimate of drug-likeness (QED) is 0.250. The number of nitrogens with one attached hydrogen (secondary N) is 1. The van der Waals surface area contributed by atoms with Gasteiger partial charge in [0, 0.05) is 34.6 Å². The average molecular weight is 422 g/mol. The molecule has 1 saturated carbocycles. The predicted octanol–water partition coefficient (Wildman–Crippen LogP) is 3.42. The number of carbonyl (C=O) groups excluding carboxylic acids is 1. The van der Waals surface area contributed by atoms with E-state index in [2.05, 4.69) is 21.2 Å². The summed E-state index contributed by atoms with van der Waals surface area (Å²) < 4.78 is 5.01. The molecule has 2 N–H and O–H groups in total. The minimum absolute atomic E-state index is 0.0674. The maximum absolute atomic E-state index is 12.5. The van der Waals surface area contributed by atoms with E-state index in [1.54, 1.807) is 4.90 Å². The Morgan fingerprint density at radius 3 is 3.00 bits per heavy atom. The molecule has 2 fully saturated rings. The number of methoxy groups -OCH3 is 1. The summed E-state index contributed by atoms with van der Waals surface area (Å²) in [5.74, 6) is -0.878. The summed E-state index contributed by atoms with van der Waals surface area (Å²) in [4.78, 5) is 20.6. The fourth-order valence-corrected chi connectivity index (χ4v) is 5.52. The Kier molecular flexibility index (Phi) is 6.03. The number of H-pyrrole nitrogens is 1. The molecule has 0 spiro atoms. The van der Waals surface area contributed by atoms with Crippen LogP contribution in [0.5, 0.6) is 0 Å². The molecule has 1 aromatic carbocycles. The number of likely N-dealkylation sites (tertiary alicyclic amines) is 1. The molecule has 9 heteroatoms. The number of hydrogen-bond donors (Lipinski definition) is 2. The van der Waals surface area contributed by atoms with Crippen LogP contribution in [0.4, 0.5) is 0 Å². The summed E-state index contributed by atoms with van der Waals surface area (Å²) in [5.41, 5.74) is 11.6. The zero-order valence-electron chi connectivity index (χ0n) is 17.4. The van der Waals surface area contributed by atoms with Crippen LogP contribution in [-0.4, -0.2) is 47.3 Å². The monoisotopic (exact) mass is 422 g/mol. The van der Waals surface area contributed by atoms with Crippen molar-refractivity contribution in [3.8, 4) is 6.19 Å². The van der Waals surface area contributed by atoms with Gasteiger partial charge in [-0.1, -0.05) is 23.3 Å². The van der Waals surface area contributed by atoms with E-state index < -0.39 is 12.0 Å². The van der Waals surface area contributed by atoms with Gasteiger partial charge in [0.25, 0.3) is 0 Å². The van der Waals surface area contributed by atoms with E-state index in [0.29, 0.717) is 32.4 Å². The fraction of sp³-hybridized carbons (Fsp3) is 0.545. The highest BCUT2D eigenvalue weighted by molar-refractivity contribution is 5.85. The molecule has 9 nitrogen and oxygen atoms in total. The Balaban J connectivity index is 1.75. The van der Waals surface area contributed by atoms with Crippen molar-refractivity contribution in [2.24, 2.45) is 22.9 Å². The minimum atomic E-state index is -0.727. The molecule has 5 atom stereocenters. The van der Waals surface area contributed by atoms with Gasteiger partial charge in [0.1, 0.15) is 0 Å². The van der Waals surface area contributed by atoms with Gasteiger partial charge in [-0.15, -0.1) is 0 Å². The van der Waals surface area contributed by atoms with Gasteiger partial charge in [-0.3, -0.25) is 4.79 Å². The van der Waals surface area contributed by atoms with E-state index in [4.69, 9.17) is 10.3 Å². The molecule has 0 radical (unpaired) electrons. The highest BCUT2D eigenvalue weighted by atomic mass is 16.5. The largest absolute Gasteiger partial charge is 0.469 e. The summed E-state index contributed by atoms with van der Waals surface area (Å²) >= 11 is 0. The van der Waals surface area contributed by atoms with Crippen molar-refractivity contribution < 1.29 is 14.6 Å². The third kappa shape index (κ3) is 3.80. The van der Waals surface area contributed by atoms with Crippen molar-refractivity contribution >= 4 is 16.9 Å². The summed E-state index contributed by atoms with van der Waals surface area (Å²) in [7, 11) is 1.35. The van der Waals surface area contributed by atoms with Gasteiger partial charge >= 0.3 is 5.97 Å². The molecule has 1 aromatic heterocycles. The lowest BCUT2D eigenvalue weighted by Gasteiger charge is -2.47. The Bertz CT molecular complexity index is 1050. The van der Waals surface area contributed by atoms with E-state index >= 15 is 0 Å². The first-order valence-electron chi connectivity index (χ1n) is 10.6. The van der Waals surface area contributed by atoms with Gasteiger partial charge in [0.05, 0.1) is 25.2 Å². The van der Waals surface area contributed by atoms with Gasteiger partial charge in [-0.2, -0.15) is 5.26 Å². The van der Waals surface area contributed by atoms with Gasteiger partial charge < -0.3 is 19.7 Å². The van der Waals surface area contributed by atoms with E-state index in [0.717, 1.165) is 28.6 Å². The van der Waals surface area contributed by atoms with Crippen molar-refractivity contribution in [1.82, 2.24) is 9.88 Å². The normalized spacial score (nSPS) is 27.8. The molecule has 2 heterocycles. The molecule has 1 saturated heterocycles. The zero-order valence-corrected chi connectivity index (χ0v) is 17.4. The van der Waals surface area contributed by atoms with Crippen LogP contribution in [0.2, 0.25) is 0 Å². The summed E-state index contributed by atoms with van der Waals surface area (Å²) in [5, 5.41) is 25.2. The fourth-order valence-electron chi connectivity index (χ4n) is 5.52. The number of nitrogens with zero attached hydrogens (tertiary/aromatic N) is 5. The third-order valence-corrected chi connectivity index (χ3v) is 6.92. The lowest BCUT2D eigenvalue weighted by atomic mass is 9.65. The van der Waals surface area contributed by atoms with E-state index in [1.165, 1.54) is 7.11 Å². The molecule has 0 bridgehead atoms. The highest BCUT2D eigenvalue weighted by Crippen LogP contribution is 2.47. The van der Waals surface area contributed by atoms with E-state index in [1.807, 2.05) is 24.3 Å². The van der Waals surface area contributed by atoms with Gasteiger partial charge in [0.15, 0.2) is 6.19 Å².